The Morgan fingerprint density at radius 1 is 1.26 bits per heavy atom. The summed E-state index contributed by atoms with van der Waals surface area (Å²) >= 11 is 1.98. The first-order valence-electron chi connectivity index (χ1n) is 6.41. The zero-order chi connectivity index (χ0) is 13.1. The minimum absolute atomic E-state index is 0.183. The van der Waals surface area contributed by atoms with Crippen LogP contribution in [0.1, 0.15) is 5.56 Å². The molecular formula is C14H16FN3S. The van der Waals surface area contributed by atoms with Crippen LogP contribution in [0.2, 0.25) is 0 Å². The van der Waals surface area contributed by atoms with Crippen molar-refractivity contribution < 1.29 is 4.39 Å². The highest BCUT2D eigenvalue weighted by molar-refractivity contribution is 7.99. The van der Waals surface area contributed by atoms with Crippen LogP contribution in [0.5, 0.6) is 0 Å². The molecule has 1 aliphatic rings. The van der Waals surface area contributed by atoms with E-state index in [1.54, 1.807) is 23.0 Å². The molecule has 2 heterocycles. The van der Waals surface area contributed by atoms with Crippen molar-refractivity contribution >= 4 is 11.8 Å². The van der Waals surface area contributed by atoms with E-state index in [0.29, 0.717) is 0 Å². The second kappa shape index (κ2) is 5.75. The molecule has 0 N–H and O–H groups in total. The lowest BCUT2D eigenvalue weighted by atomic mass is 10.1. The molecular weight excluding hydrogens is 261 g/mol. The van der Waals surface area contributed by atoms with Crippen molar-refractivity contribution in [2.24, 2.45) is 0 Å². The minimum atomic E-state index is -0.183. The third-order valence-electron chi connectivity index (χ3n) is 3.29. The Morgan fingerprint density at radius 3 is 2.84 bits per heavy atom. The molecule has 1 aromatic heterocycles. The van der Waals surface area contributed by atoms with Gasteiger partial charge in [-0.1, -0.05) is 0 Å². The fraction of sp³-hybridized carbons (Fsp3) is 0.357. The molecule has 5 heteroatoms. The molecule has 100 valence electrons. The van der Waals surface area contributed by atoms with Crippen LogP contribution in [0.3, 0.4) is 0 Å². The molecule has 0 bridgehead atoms. The molecule has 0 amide bonds. The van der Waals surface area contributed by atoms with Crippen LogP contribution < -0.4 is 0 Å². The van der Waals surface area contributed by atoms with E-state index in [4.69, 9.17) is 0 Å². The molecule has 19 heavy (non-hydrogen) atoms. The van der Waals surface area contributed by atoms with E-state index < -0.39 is 0 Å². The number of nitrogens with zero attached hydrogens (tertiary/aromatic N) is 3. The van der Waals surface area contributed by atoms with E-state index in [2.05, 4.69) is 10.00 Å². The number of thioether (sulfide) groups is 1. The van der Waals surface area contributed by atoms with Gasteiger partial charge in [-0.3, -0.25) is 4.90 Å². The summed E-state index contributed by atoms with van der Waals surface area (Å²) in [6.07, 6.45) is 3.63. The summed E-state index contributed by atoms with van der Waals surface area (Å²) in [4.78, 5) is 2.37. The maximum Gasteiger partial charge on any atom is 0.123 e. The van der Waals surface area contributed by atoms with Crippen LogP contribution in [-0.4, -0.2) is 39.3 Å². The normalized spacial score (nSPS) is 16.7. The quantitative estimate of drug-likeness (QED) is 0.860. The van der Waals surface area contributed by atoms with E-state index in [0.717, 1.165) is 42.4 Å². The predicted molar refractivity (Wildman–Crippen MR) is 76.1 cm³/mol. The Hall–Kier alpha value is -1.33. The van der Waals surface area contributed by atoms with Gasteiger partial charge >= 0.3 is 0 Å². The van der Waals surface area contributed by atoms with Crippen LogP contribution in [0.4, 0.5) is 4.39 Å². The molecule has 3 nitrogen and oxygen atoms in total. The predicted octanol–water partition coefficient (Wildman–Crippen LogP) is 2.56. The van der Waals surface area contributed by atoms with Gasteiger partial charge in [0.1, 0.15) is 5.82 Å². The fourth-order valence-electron chi connectivity index (χ4n) is 2.32. The highest BCUT2D eigenvalue weighted by Crippen LogP contribution is 2.19. The fourth-order valence-corrected chi connectivity index (χ4v) is 3.29. The molecule has 0 atom stereocenters. The van der Waals surface area contributed by atoms with E-state index in [1.807, 2.05) is 24.0 Å². The Bertz CT molecular complexity index is 536. The summed E-state index contributed by atoms with van der Waals surface area (Å²) in [5, 5.41) is 4.24. The average molecular weight is 277 g/mol. The third-order valence-corrected chi connectivity index (χ3v) is 4.23. The zero-order valence-electron chi connectivity index (χ0n) is 10.6. The van der Waals surface area contributed by atoms with E-state index in [1.165, 1.54) is 6.07 Å². The molecule has 2 aromatic rings. The molecule has 3 rings (SSSR count). The lowest BCUT2D eigenvalue weighted by Crippen LogP contribution is -2.32. The molecule has 0 radical (unpaired) electrons. The number of rotatable bonds is 3. The van der Waals surface area contributed by atoms with Gasteiger partial charge in [0, 0.05) is 43.5 Å². The second-order valence-electron chi connectivity index (χ2n) is 4.61. The summed E-state index contributed by atoms with van der Waals surface area (Å²) in [7, 11) is 0. The van der Waals surface area contributed by atoms with E-state index in [9.17, 15) is 4.39 Å². The molecule has 1 saturated heterocycles. The first-order chi connectivity index (χ1) is 9.33. The number of benzene rings is 1. The number of aromatic nitrogens is 2. The number of hydrogen-bond donors (Lipinski definition) is 0. The van der Waals surface area contributed by atoms with Crippen LogP contribution in [-0.2, 0) is 6.54 Å². The Labute approximate surface area is 116 Å². The highest BCUT2D eigenvalue weighted by Gasteiger charge is 2.14. The Morgan fingerprint density at radius 2 is 2.11 bits per heavy atom. The summed E-state index contributed by atoms with van der Waals surface area (Å²) in [6.45, 7) is 2.92. The molecule has 0 unspecified atom stereocenters. The lowest BCUT2D eigenvalue weighted by molar-refractivity contribution is 0.294. The van der Waals surface area contributed by atoms with Gasteiger partial charge in [-0.15, -0.1) is 0 Å². The second-order valence-corrected chi connectivity index (χ2v) is 5.84. The van der Waals surface area contributed by atoms with E-state index in [-0.39, 0.29) is 5.82 Å². The van der Waals surface area contributed by atoms with Crippen molar-refractivity contribution in [2.75, 3.05) is 24.6 Å². The van der Waals surface area contributed by atoms with Gasteiger partial charge in [0.25, 0.3) is 0 Å². The van der Waals surface area contributed by atoms with Gasteiger partial charge in [-0.2, -0.15) is 16.9 Å². The first kappa shape index (κ1) is 12.7. The molecule has 1 aromatic carbocycles. The molecule has 0 aliphatic carbocycles. The minimum Gasteiger partial charge on any atom is -0.297 e. The highest BCUT2D eigenvalue weighted by atomic mass is 32.2. The number of hydrogen-bond acceptors (Lipinski definition) is 3. The van der Waals surface area contributed by atoms with E-state index >= 15 is 0 Å². The Balaban J connectivity index is 1.88. The summed E-state index contributed by atoms with van der Waals surface area (Å²) < 4.78 is 15.3. The Kier molecular flexibility index (Phi) is 3.84. The molecule has 0 spiro atoms. The van der Waals surface area contributed by atoms with Crippen molar-refractivity contribution in [3.63, 3.8) is 0 Å². The monoisotopic (exact) mass is 277 g/mol. The maximum absolute atomic E-state index is 13.5. The SMILES string of the molecule is Fc1ccc(-n2cccn2)c(CN2CCSCC2)c1. The zero-order valence-corrected chi connectivity index (χ0v) is 11.4. The van der Waals surface area contributed by atoms with Crippen molar-refractivity contribution in [2.45, 2.75) is 6.54 Å². The smallest absolute Gasteiger partial charge is 0.123 e. The van der Waals surface area contributed by atoms with Crippen LogP contribution in [0.15, 0.2) is 36.7 Å². The topological polar surface area (TPSA) is 21.1 Å². The van der Waals surface area contributed by atoms with Gasteiger partial charge < -0.3 is 0 Å². The van der Waals surface area contributed by atoms with Gasteiger partial charge in [0.15, 0.2) is 0 Å². The van der Waals surface area contributed by atoms with Crippen LogP contribution in [0, 0.1) is 5.82 Å². The summed E-state index contributed by atoms with van der Waals surface area (Å²) in [6, 6.07) is 6.80. The standard InChI is InChI=1S/C14H16FN3S/c15-13-2-3-14(18-5-1-4-16-18)12(10-13)11-17-6-8-19-9-7-17/h1-5,10H,6-9,11H2. The van der Waals surface area contributed by atoms with Crippen molar-refractivity contribution in [1.82, 2.24) is 14.7 Å². The van der Waals surface area contributed by atoms with Gasteiger partial charge in [-0.25, -0.2) is 9.07 Å². The van der Waals surface area contributed by atoms with Crippen LogP contribution >= 0.6 is 11.8 Å². The van der Waals surface area contributed by atoms with Gasteiger partial charge in [0.05, 0.1) is 5.69 Å². The third kappa shape index (κ3) is 2.98. The van der Waals surface area contributed by atoms with Crippen molar-refractivity contribution in [1.29, 1.82) is 0 Å². The van der Waals surface area contributed by atoms with Gasteiger partial charge in [0.2, 0.25) is 0 Å². The lowest BCUT2D eigenvalue weighted by Gasteiger charge is -2.27. The van der Waals surface area contributed by atoms with Gasteiger partial charge in [-0.05, 0) is 29.8 Å². The van der Waals surface area contributed by atoms with Crippen LogP contribution in [0.25, 0.3) is 5.69 Å². The average Bonchev–Trinajstić information content (AvgIpc) is 2.94. The maximum atomic E-state index is 13.5. The molecule has 1 fully saturated rings. The molecule has 0 saturated carbocycles. The largest absolute Gasteiger partial charge is 0.297 e. The van der Waals surface area contributed by atoms with Crippen molar-refractivity contribution in [3.8, 4) is 5.69 Å². The summed E-state index contributed by atoms with van der Waals surface area (Å²) in [5.74, 6) is 2.14. The first-order valence-corrected chi connectivity index (χ1v) is 7.57. The van der Waals surface area contributed by atoms with Crippen molar-refractivity contribution in [3.05, 3.63) is 48.0 Å². The summed E-state index contributed by atoms with van der Waals surface area (Å²) in [5.41, 5.74) is 1.96. The number of halogens is 1. The molecule has 1 aliphatic heterocycles.